The molecule has 0 spiro atoms. The fourth-order valence-electron chi connectivity index (χ4n) is 2.56. The molecule has 2 aromatic heterocycles. The summed E-state index contributed by atoms with van der Waals surface area (Å²) in [4.78, 5) is 21.8. The van der Waals surface area contributed by atoms with E-state index in [2.05, 4.69) is 15.3 Å². The molecule has 0 radical (unpaired) electrons. The van der Waals surface area contributed by atoms with Crippen molar-refractivity contribution >= 4 is 22.9 Å². The first-order valence-electron chi connectivity index (χ1n) is 8.55. The lowest BCUT2D eigenvalue weighted by Gasteiger charge is -2.06. The summed E-state index contributed by atoms with van der Waals surface area (Å²) >= 11 is 1.45. The number of rotatable bonds is 7. The van der Waals surface area contributed by atoms with Crippen LogP contribution in [0.5, 0.6) is 5.75 Å². The molecule has 0 atom stereocenters. The molecule has 26 heavy (non-hydrogen) atoms. The first-order valence-corrected chi connectivity index (χ1v) is 9.36. The number of pyridine rings is 1. The van der Waals surface area contributed by atoms with Gasteiger partial charge in [-0.25, -0.2) is 4.98 Å². The van der Waals surface area contributed by atoms with Crippen LogP contribution in [0.1, 0.15) is 32.9 Å². The minimum absolute atomic E-state index is 0.126. The molecule has 1 amide bonds. The molecule has 3 rings (SSSR count). The summed E-state index contributed by atoms with van der Waals surface area (Å²) in [7, 11) is 0. The Morgan fingerprint density at radius 2 is 1.85 bits per heavy atom. The Balaban J connectivity index is 1.63. The summed E-state index contributed by atoms with van der Waals surface area (Å²) in [6, 6.07) is 11.4. The summed E-state index contributed by atoms with van der Waals surface area (Å²) in [5, 5.41) is 3.89. The molecule has 134 valence electrons. The highest BCUT2D eigenvalue weighted by Crippen LogP contribution is 2.22. The molecule has 1 aromatic carbocycles. The Morgan fingerprint density at radius 3 is 2.54 bits per heavy atom. The van der Waals surface area contributed by atoms with Crippen molar-refractivity contribution in [3.05, 3.63) is 69.9 Å². The van der Waals surface area contributed by atoms with Gasteiger partial charge in [-0.2, -0.15) is 0 Å². The van der Waals surface area contributed by atoms with Crippen LogP contribution in [0.3, 0.4) is 0 Å². The minimum Gasteiger partial charge on any atom is -0.494 e. The molecule has 6 heteroatoms. The number of nitrogens with zero attached hydrogens (tertiary/aromatic N) is 2. The molecule has 0 aliphatic rings. The van der Waals surface area contributed by atoms with Gasteiger partial charge in [0.1, 0.15) is 10.6 Å². The lowest BCUT2D eigenvalue weighted by atomic mass is 10.1. The number of carbonyl (C=O) groups is 1. The molecule has 0 saturated heterocycles. The van der Waals surface area contributed by atoms with E-state index < -0.39 is 0 Å². The van der Waals surface area contributed by atoms with Crippen LogP contribution in [-0.4, -0.2) is 22.5 Å². The van der Waals surface area contributed by atoms with Crippen LogP contribution in [0.15, 0.2) is 48.8 Å². The second-order valence-electron chi connectivity index (χ2n) is 5.79. The van der Waals surface area contributed by atoms with E-state index in [9.17, 15) is 4.79 Å². The number of aryl methyl sites for hydroxylation is 3. The molecule has 0 unspecified atom stereocenters. The predicted octanol–water partition coefficient (Wildman–Crippen LogP) is 4.28. The zero-order valence-electron chi connectivity index (χ0n) is 14.9. The second-order valence-corrected chi connectivity index (χ2v) is 6.87. The van der Waals surface area contributed by atoms with Crippen molar-refractivity contribution in [3.8, 4) is 5.75 Å². The number of hydrogen-bond donors (Lipinski definition) is 1. The third kappa shape index (κ3) is 4.67. The van der Waals surface area contributed by atoms with E-state index in [1.165, 1.54) is 16.9 Å². The summed E-state index contributed by atoms with van der Waals surface area (Å²) in [5.74, 6) is 0.664. The Hall–Kier alpha value is -2.73. The van der Waals surface area contributed by atoms with Crippen molar-refractivity contribution in [3.63, 3.8) is 0 Å². The van der Waals surface area contributed by atoms with Gasteiger partial charge >= 0.3 is 0 Å². The van der Waals surface area contributed by atoms with Crippen molar-refractivity contribution < 1.29 is 9.53 Å². The molecule has 0 saturated carbocycles. The third-order valence-corrected chi connectivity index (χ3v) is 5.06. The van der Waals surface area contributed by atoms with Crippen molar-refractivity contribution in [2.24, 2.45) is 0 Å². The standard InChI is InChI=1S/C20H21N3O2S/c1-3-25-17-7-5-16(6-8-17)23-20(24)19-14(2)22-18(26-19)9-4-15-10-12-21-13-11-15/h5-8,10-13H,3-4,9H2,1-2H3,(H,23,24). The van der Waals surface area contributed by atoms with Crippen molar-refractivity contribution in [1.29, 1.82) is 0 Å². The molecule has 0 bridgehead atoms. The van der Waals surface area contributed by atoms with Gasteiger partial charge in [0.2, 0.25) is 0 Å². The maximum atomic E-state index is 12.6. The van der Waals surface area contributed by atoms with Gasteiger partial charge in [-0.05, 0) is 62.2 Å². The molecule has 1 N–H and O–H groups in total. The van der Waals surface area contributed by atoms with Gasteiger partial charge < -0.3 is 10.1 Å². The first-order chi connectivity index (χ1) is 12.7. The number of ether oxygens (including phenoxy) is 1. The zero-order valence-corrected chi connectivity index (χ0v) is 15.7. The summed E-state index contributed by atoms with van der Waals surface area (Å²) in [6.07, 6.45) is 5.28. The predicted molar refractivity (Wildman–Crippen MR) is 104 cm³/mol. The van der Waals surface area contributed by atoms with E-state index >= 15 is 0 Å². The van der Waals surface area contributed by atoms with E-state index in [1.807, 2.05) is 50.2 Å². The number of amides is 1. The van der Waals surface area contributed by atoms with Crippen LogP contribution in [0.4, 0.5) is 5.69 Å². The van der Waals surface area contributed by atoms with Gasteiger partial charge in [0.05, 0.1) is 17.3 Å². The van der Waals surface area contributed by atoms with Crippen LogP contribution >= 0.6 is 11.3 Å². The fraction of sp³-hybridized carbons (Fsp3) is 0.250. The Morgan fingerprint density at radius 1 is 1.12 bits per heavy atom. The Bertz CT molecular complexity index is 861. The molecule has 0 aliphatic heterocycles. The van der Waals surface area contributed by atoms with Gasteiger partial charge in [-0.3, -0.25) is 9.78 Å². The van der Waals surface area contributed by atoms with Crippen LogP contribution in [-0.2, 0) is 12.8 Å². The summed E-state index contributed by atoms with van der Waals surface area (Å²) in [6.45, 7) is 4.43. The van der Waals surface area contributed by atoms with E-state index in [0.29, 0.717) is 11.5 Å². The van der Waals surface area contributed by atoms with Gasteiger partial charge in [0.25, 0.3) is 5.91 Å². The smallest absolute Gasteiger partial charge is 0.267 e. The molecular formula is C20H21N3O2S. The number of carbonyl (C=O) groups excluding carboxylic acids is 1. The highest BCUT2D eigenvalue weighted by Gasteiger charge is 2.15. The van der Waals surface area contributed by atoms with Crippen molar-refractivity contribution in [1.82, 2.24) is 9.97 Å². The quantitative estimate of drug-likeness (QED) is 0.677. The van der Waals surface area contributed by atoms with E-state index in [-0.39, 0.29) is 5.91 Å². The largest absolute Gasteiger partial charge is 0.494 e. The van der Waals surface area contributed by atoms with E-state index in [0.717, 1.165) is 35.0 Å². The summed E-state index contributed by atoms with van der Waals surface area (Å²) in [5.41, 5.74) is 2.72. The molecule has 5 nitrogen and oxygen atoms in total. The number of hydrogen-bond acceptors (Lipinski definition) is 5. The number of benzene rings is 1. The molecular weight excluding hydrogens is 346 g/mol. The lowest BCUT2D eigenvalue weighted by molar-refractivity contribution is 0.103. The highest BCUT2D eigenvalue weighted by atomic mass is 32.1. The Kier molecular flexibility index (Phi) is 5.96. The maximum Gasteiger partial charge on any atom is 0.267 e. The first kappa shape index (κ1) is 18.1. The Labute approximate surface area is 157 Å². The lowest BCUT2D eigenvalue weighted by Crippen LogP contribution is -2.11. The topological polar surface area (TPSA) is 64.1 Å². The summed E-state index contributed by atoms with van der Waals surface area (Å²) < 4.78 is 5.41. The minimum atomic E-state index is -0.126. The van der Waals surface area contributed by atoms with Crippen LogP contribution in [0.2, 0.25) is 0 Å². The molecule has 3 aromatic rings. The number of nitrogens with one attached hydrogen (secondary N) is 1. The molecule has 0 fully saturated rings. The van der Waals surface area contributed by atoms with Crippen molar-refractivity contribution in [2.45, 2.75) is 26.7 Å². The number of thiazole rings is 1. The molecule has 0 aliphatic carbocycles. The molecule has 2 heterocycles. The van der Waals surface area contributed by atoms with Crippen LogP contribution in [0.25, 0.3) is 0 Å². The average molecular weight is 367 g/mol. The van der Waals surface area contributed by atoms with Gasteiger partial charge in [0, 0.05) is 24.5 Å². The van der Waals surface area contributed by atoms with Crippen LogP contribution in [0, 0.1) is 6.92 Å². The van der Waals surface area contributed by atoms with Crippen LogP contribution < -0.4 is 10.1 Å². The van der Waals surface area contributed by atoms with Gasteiger partial charge in [-0.1, -0.05) is 0 Å². The number of anilines is 1. The van der Waals surface area contributed by atoms with Crippen molar-refractivity contribution in [2.75, 3.05) is 11.9 Å². The average Bonchev–Trinajstić information content (AvgIpc) is 3.03. The fourth-order valence-corrected chi connectivity index (χ4v) is 3.52. The maximum absolute atomic E-state index is 12.6. The van der Waals surface area contributed by atoms with Gasteiger partial charge in [0.15, 0.2) is 0 Å². The van der Waals surface area contributed by atoms with E-state index in [1.54, 1.807) is 12.4 Å². The zero-order chi connectivity index (χ0) is 18.4. The third-order valence-electron chi connectivity index (χ3n) is 3.85. The highest BCUT2D eigenvalue weighted by molar-refractivity contribution is 7.13. The normalized spacial score (nSPS) is 10.5. The SMILES string of the molecule is CCOc1ccc(NC(=O)c2sc(CCc3ccncc3)nc2C)cc1. The van der Waals surface area contributed by atoms with E-state index in [4.69, 9.17) is 4.74 Å². The second kappa shape index (κ2) is 8.58. The van der Waals surface area contributed by atoms with Gasteiger partial charge in [-0.15, -0.1) is 11.3 Å². The monoisotopic (exact) mass is 367 g/mol. The number of aromatic nitrogens is 2.